The first-order chi connectivity index (χ1) is 3.00. The van der Waals surface area contributed by atoms with Crippen molar-refractivity contribution in [2.24, 2.45) is 35.1 Å². The summed E-state index contributed by atoms with van der Waals surface area (Å²) in [5, 5.41) is 0. The van der Waals surface area contributed by atoms with E-state index < -0.39 is 0 Å². The van der Waals surface area contributed by atoms with Gasteiger partial charge in [0, 0.05) is 0 Å². The molecule has 0 aromatic carbocycles. The number of rotatable bonds is 0. The maximum absolute atomic E-state index is 4.00. The molecule has 0 radical (unpaired) electrons. The van der Waals surface area contributed by atoms with Gasteiger partial charge in [-0.15, -0.1) is 0 Å². The Kier molecular flexibility index (Phi) is 17900. The van der Waals surface area contributed by atoms with Crippen molar-refractivity contribution in [3.8, 4) is 0 Å². The minimum atomic E-state index is 0. The second-order valence-corrected chi connectivity index (χ2v) is 0. The standard InChI is InChI=1S/3H4N2.H3P/c3*1-2;/h3*1-2H2;1H3. The molecule has 0 aromatic heterocycles. The number of hydrogen-bond donors (Lipinski definition) is 6. The van der Waals surface area contributed by atoms with Crippen LogP contribution in [0.5, 0.6) is 0 Å². The highest BCUT2D eigenvalue weighted by molar-refractivity contribution is 6.92. The van der Waals surface area contributed by atoms with Gasteiger partial charge in [-0.1, -0.05) is 0 Å². The van der Waals surface area contributed by atoms with Crippen LogP contribution in [0.25, 0.3) is 0 Å². The van der Waals surface area contributed by atoms with E-state index in [4.69, 9.17) is 0 Å². The topological polar surface area (TPSA) is 156 Å². The van der Waals surface area contributed by atoms with Crippen LogP contribution in [0.4, 0.5) is 0 Å². The van der Waals surface area contributed by atoms with Crippen LogP contribution in [0, 0.1) is 0 Å². The predicted octanol–water partition coefficient (Wildman–Crippen LogP) is -3.49. The summed E-state index contributed by atoms with van der Waals surface area (Å²) in [6.45, 7) is 0. The fourth-order valence-electron chi connectivity index (χ4n) is 0. The van der Waals surface area contributed by atoms with Gasteiger partial charge in [0.2, 0.25) is 0 Å². The van der Waals surface area contributed by atoms with Crippen LogP contribution >= 0.6 is 9.90 Å². The minimum Gasteiger partial charge on any atom is -0.274 e. The molecule has 0 rings (SSSR count). The molecule has 1 unspecified atom stereocenters. The van der Waals surface area contributed by atoms with Gasteiger partial charge in [0.05, 0.1) is 0 Å². The summed E-state index contributed by atoms with van der Waals surface area (Å²) < 4.78 is 0. The largest absolute Gasteiger partial charge is 0.274 e. The molecule has 0 aliphatic rings. The Hall–Kier alpha value is 0.190. The molecule has 6 nitrogen and oxygen atoms in total. The second kappa shape index (κ2) is 4620. The molecule has 1 atom stereocenters. The Morgan fingerprint density at radius 1 is 0.429 bits per heavy atom. The third-order valence-corrected chi connectivity index (χ3v) is 0. The Bertz CT molecular complexity index is 4.14. The average molecular weight is 130 g/mol. The quantitative estimate of drug-likeness (QED) is 0.113. The van der Waals surface area contributed by atoms with Gasteiger partial charge in [-0.05, 0) is 0 Å². The van der Waals surface area contributed by atoms with Crippen molar-refractivity contribution in [3.05, 3.63) is 0 Å². The lowest BCUT2D eigenvalue weighted by Gasteiger charge is -1.27. The molecule has 0 bridgehead atoms. The molecular weight excluding hydrogens is 115 g/mol. The van der Waals surface area contributed by atoms with Gasteiger partial charge in [-0.25, -0.2) is 0 Å². The van der Waals surface area contributed by atoms with E-state index in [0.717, 1.165) is 0 Å². The van der Waals surface area contributed by atoms with Gasteiger partial charge in [0.15, 0.2) is 0 Å². The minimum absolute atomic E-state index is 0. The van der Waals surface area contributed by atoms with Crippen molar-refractivity contribution in [2.75, 3.05) is 0 Å². The van der Waals surface area contributed by atoms with Gasteiger partial charge in [-0.3, -0.25) is 35.1 Å². The molecule has 0 saturated heterocycles. The van der Waals surface area contributed by atoms with E-state index in [1.807, 2.05) is 0 Å². The van der Waals surface area contributed by atoms with Crippen LogP contribution in [0.3, 0.4) is 0 Å². The van der Waals surface area contributed by atoms with Crippen LogP contribution in [0.2, 0.25) is 0 Å². The van der Waals surface area contributed by atoms with Crippen molar-refractivity contribution < 1.29 is 0 Å². The van der Waals surface area contributed by atoms with Crippen LogP contribution < -0.4 is 35.1 Å². The molecule has 7 heteroatoms. The van der Waals surface area contributed by atoms with E-state index in [2.05, 4.69) is 35.1 Å². The predicted molar refractivity (Wildman–Crippen MR) is 36.2 cm³/mol. The van der Waals surface area contributed by atoms with E-state index in [-0.39, 0.29) is 9.90 Å². The summed E-state index contributed by atoms with van der Waals surface area (Å²) in [6, 6.07) is 0. The molecule has 0 saturated carbocycles. The van der Waals surface area contributed by atoms with Gasteiger partial charge in [0.1, 0.15) is 0 Å². The molecule has 0 aromatic rings. The molecule has 0 spiro atoms. The molecule has 0 heterocycles. The monoisotopic (exact) mass is 130 g/mol. The Morgan fingerprint density at radius 2 is 0.429 bits per heavy atom. The van der Waals surface area contributed by atoms with Crippen LogP contribution in [-0.2, 0) is 0 Å². The molecule has 0 amide bonds. The number of hydrazine groups is 3. The highest BCUT2D eigenvalue weighted by Crippen LogP contribution is 0.861. The second-order valence-electron chi connectivity index (χ2n) is 0. The van der Waals surface area contributed by atoms with Crippen LogP contribution in [0.15, 0.2) is 0 Å². The third kappa shape index (κ3) is 3010. The molecular formula is H15N6P. The SMILES string of the molecule is NN.NN.NN.P. The van der Waals surface area contributed by atoms with E-state index in [9.17, 15) is 0 Å². The summed E-state index contributed by atoms with van der Waals surface area (Å²) in [7, 11) is 0. The van der Waals surface area contributed by atoms with Crippen molar-refractivity contribution in [2.45, 2.75) is 0 Å². The van der Waals surface area contributed by atoms with Crippen molar-refractivity contribution in [1.29, 1.82) is 0 Å². The zero-order chi connectivity index (χ0) is 6.00. The first-order valence-corrected chi connectivity index (χ1v) is 1.00. The first kappa shape index (κ1) is 27.1. The highest BCUT2D eigenvalue weighted by Gasteiger charge is 0.730. The van der Waals surface area contributed by atoms with Crippen molar-refractivity contribution in [1.82, 2.24) is 0 Å². The smallest absolute Gasteiger partial charge is 0.153 e. The van der Waals surface area contributed by atoms with Crippen molar-refractivity contribution >= 4 is 9.90 Å². The van der Waals surface area contributed by atoms with Crippen molar-refractivity contribution in [3.63, 3.8) is 0 Å². The van der Waals surface area contributed by atoms with Gasteiger partial charge in [0.25, 0.3) is 0 Å². The lowest BCUT2D eigenvalue weighted by Crippen LogP contribution is -2.02. The molecule has 7 heavy (non-hydrogen) atoms. The average Bonchev–Trinajstić information content (AvgIpc) is 1.81. The summed E-state index contributed by atoms with van der Waals surface area (Å²) in [6.07, 6.45) is 0. The Labute approximate surface area is 46.1 Å². The normalized spacial score (nSPS) is 2.57. The maximum Gasteiger partial charge on any atom is -0.153 e. The molecule has 0 aliphatic carbocycles. The van der Waals surface area contributed by atoms with Crippen LogP contribution in [-0.4, -0.2) is 0 Å². The summed E-state index contributed by atoms with van der Waals surface area (Å²) in [5.41, 5.74) is 0. The van der Waals surface area contributed by atoms with Crippen LogP contribution in [0.1, 0.15) is 0 Å². The van der Waals surface area contributed by atoms with E-state index >= 15 is 0 Å². The van der Waals surface area contributed by atoms with E-state index in [0.29, 0.717) is 0 Å². The summed E-state index contributed by atoms with van der Waals surface area (Å²) >= 11 is 0. The zero-order valence-electron chi connectivity index (χ0n) is 4.17. The highest BCUT2D eigenvalue weighted by atomic mass is 31.0. The fourth-order valence-corrected chi connectivity index (χ4v) is 0. The van der Waals surface area contributed by atoms with Gasteiger partial charge < -0.3 is 0 Å². The zero-order valence-corrected chi connectivity index (χ0v) is 5.59. The van der Waals surface area contributed by atoms with Gasteiger partial charge in [-0.2, -0.15) is 9.90 Å². The van der Waals surface area contributed by atoms with E-state index in [1.54, 1.807) is 0 Å². The molecule has 0 aliphatic heterocycles. The lowest BCUT2D eigenvalue weighted by molar-refractivity contribution is 1.26. The summed E-state index contributed by atoms with van der Waals surface area (Å²) in [4.78, 5) is 0. The van der Waals surface area contributed by atoms with Gasteiger partial charge >= 0.3 is 0 Å². The number of hydrogen-bond acceptors (Lipinski definition) is 6. The number of nitrogens with two attached hydrogens (primary N) is 6. The third-order valence-electron chi connectivity index (χ3n) is 0. The molecule has 50 valence electrons. The Balaban J connectivity index is -0.00000000900. The lowest BCUT2D eigenvalue weighted by atomic mass is 13.0. The first-order valence-electron chi connectivity index (χ1n) is 1.00. The Morgan fingerprint density at radius 3 is 0.429 bits per heavy atom. The summed E-state index contributed by atoms with van der Waals surface area (Å²) in [5.74, 6) is 24.0. The molecule has 0 fully saturated rings. The van der Waals surface area contributed by atoms with E-state index in [1.165, 1.54) is 0 Å². The molecule has 12 N–H and O–H groups in total. The fraction of sp³-hybridized carbons (Fsp3) is 0. The maximum atomic E-state index is 4.00.